The van der Waals surface area contributed by atoms with Crippen LogP contribution < -0.4 is 9.47 Å². The lowest BCUT2D eigenvalue weighted by atomic mass is 9.94. The Hall–Kier alpha value is -2.81. The summed E-state index contributed by atoms with van der Waals surface area (Å²) in [7, 11) is 1.72. The fourth-order valence-electron chi connectivity index (χ4n) is 2.07. The summed E-state index contributed by atoms with van der Waals surface area (Å²) < 4.78 is 12.0. The predicted octanol–water partition coefficient (Wildman–Crippen LogP) is 1.64. The van der Waals surface area contributed by atoms with E-state index >= 15 is 0 Å². The Labute approximate surface area is 115 Å². The monoisotopic (exact) mass is 269 g/mol. The van der Waals surface area contributed by atoms with Crippen LogP contribution in [-0.2, 0) is 7.05 Å². The lowest BCUT2D eigenvalue weighted by molar-refractivity contribution is 0.0973. The lowest BCUT2D eigenvalue weighted by Crippen LogP contribution is -2.12. The van der Waals surface area contributed by atoms with E-state index < -0.39 is 5.92 Å². The molecule has 2 aromatic rings. The second-order valence-corrected chi connectivity index (χ2v) is 4.41. The highest BCUT2D eigenvalue weighted by molar-refractivity contribution is 6.01. The van der Waals surface area contributed by atoms with E-state index in [1.807, 2.05) is 6.07 Å². The van der Waals surface area contributed by atoms with E-state index in [0.717, 1.165) is 0 Å². The number of carbonyl (C=O) groups excluding carboxylic acids is 1. The molecule has 0 fully saturated rings. The Morgan fingerprint density at radius 3 is 2.90 bits per heavy atom. The highest BCUT2D eigenvalue weighted by Gasteiger charge is 2.25. The smallest absolute Gasteiger partial charge is 0.231 e. The van der Waals surface area contributed by atoms with Crippen LogP contribution in [0.15, 0.2) is 30.5 Å². The van der Waals surface area contributed by atoms with Crippen LogP contribution in [0.2, 0.25) is 0 Å². The summed E-state index contributed by atoms with van der Waals surface area (Å²) in [6.07, 6.45) is 1.67. The minimum Gasteiger partial charge on any atom is -0.454 e. The maximum absolute atomic E-state index is 12.3. The van der Waals surface area contributed by atoms with E-state index in [1.165, 1.54) is 4.68 Å². The molecule has 1 aromatic heterocycles. The third-order valence-corrected chi connectivity index (χ3v) is 3.09. The molecule has 0 aliphatic carbocycles. The molecule has 1 aliphatic rings. The van der Waals surface area contributed by atoms with E-state index in [-0.39, 0.29) is 18.3 Å². The fraction of sp³-hybridized carbons (Fsp3) is 0.214. The number of hydrogen-bond donors (Lipinski definition) is 0. The van der Waals surface area contributed by atoms with Crippen molar-refractivity contribution in [2.24, 2.45) is 7.05 Å². The van der Waals surface area contributed by atoms with Gasteiger partial charge in [0.15, 0.2) is 11.5 Å². The summed E-state index contributed by atoms with van der Waals surface area (Å²) in [6, 6.07) is 8.68. The molecule has 1 unspecified atom stereocenters. The molecule has 1 aromatic carbocycles. The van der Waals surface area contributed by atoms with Gasteiger partial charge in [-0.3, -0.25) is 9.48 Å². The summed E-state index contributed by atoms with van der Waals surface area (Å²) in [5, 5.41) is 13.3. The second kappa shape index (κ2) is 4.70. The van der Waals surface area contributed by atoms with Gasteiger partial charge < -0.3 is 9.47 Å². The van der Waals surface area contributed by atoms with E-state index in [4.69, 9.17) is 9.47 Å². The molecule has 6 nitrogen and oxygen atoms in total. The van der Waals surface area contributed by atoms with Crippen molar-refractivity contribution in [2.45, 2.75) is 5.92 Å². The quantitative estimate of drug-likeness (QED) is 0.791. The summed E-state index contributed by atoms with van der Waals surface area (Å²) in [5.41, 5.74) is 0.851. The van der Waals surface area contributed by atoms with Gasteiger partial charge in [0.05, 0.1) is 6.07 Å². The molecule has 0 bridgehead atoms. The molecule has 1 aliphatic heterocycles. The van der Waals surface area contributed by atoms with Crippen molar-refractivity contribution in [2.75, 3.05) is 6.79 Å². The minimum absolute atomic E-state index is 0.157. The van der Waals surface area contributed by atoms with Crippen LogP contribution in [0.5, 0.6) is 11.5 Å². The number of benzene rings is 1. The van der Waals surface area contributed by atoms with Crippen LogP contribution in [-0.4, -0.2) is 22.4 Å². The van der Waals surface area contributed by atoms with Gasteiger partial charge in [-0.1, -0.05) is 6.07 Å². The Bertz CT molecular complexity index is 715. The standard InChI is InChI=1S/C14H11N3O3/c1-17-5-4-11(16-17)14(18)10(7-15)9-2-3-12-13(6-9)20-8-19-12/h2-6,10H,8H2,1H3. The first-order valence-electron chi connectivity index (χ1n) is 6.02. The van der Waals surface area contributed by atoms with Crippen molar-refractivity contribution in [3.63, 3.8) is 0 Å². The molecule has 0 saturated heterocycles. The first-order valence-corrected chi connectivity index (χ1v) is 6.02. The highest BCUT2D eigenvalue weighted by atomic mass is 16.7. The largest absolute Gasteiger partial charge is 0.454 e. The van der Waals surface area contributed by atoms with Crippen LogP contribution in [0.25, 0.3) is 0 Å². The second-order valence-electron chi connectivity index (χ2n) is 4.41. The zero-order chi connectivity index (χ0) is 14.1. The topological polar surface area (TPSA) is 77.1 Å². The number of rotatable bonds is 3. The van der Waals surface area contributed by atoms with Crippen molar-refractivity contribution in [1.29, 1.82) is 5.26 Å². The van der Waals surface area contributed by atoms with Gasteiger partial charge in [-0.05, 0) is 23.8 Å². The number of ketones is 1. The Balaban J connectivity index is 1.94. The Morgan fingerprint density at radius 2 is 2.20 bits per heavy atom. The van der Waals surface area contributed by atoms with Gasteiger partial charge in [0.2, 0.25) is 12.6 Å². The average Bonchev–Trinajstić information content (AvgIpc) is 3.07. The molecule has 2 heterocycles. The molecular weight excluding hydrogens is 258 g/mol. The van der Waals surface area contributed by atoms with Crippen LogP contribution in [0.1, 0.15) is 22.0 Å². The van der Waals surface area contributed by atoms with Crippen LogP contribution in [0.4, 0.5) is 0 Å². The van der Waals surface area contributed by atoms with Crippen molar-refractivity contribution in [3.8, 4) is 17.6 Å². The number of nitriles is 1. The maximum Gasteiger partial charge on any atom is 0.231 e. The highest BCUT2D eigenvalue weighted by Crippen LogP contribution is 2.35. The molecule has 0 radical (unpaired) electrons. The van der Waals surface area contributed by atoms with E-state index in [9.17, 15) is 10.1 Å². The summed E-state index contributed by atoms with van der Waals surface area (Å²) in [5.74, 6) is -0.0568. The molecule has 0 N–H and O–H groups in total. The molecule has 100 valence electrons. The molecular formula is C14H11N3O3. The number of aromatic nitrogens is 2. The Kier molecular flexibility index (Phi) is 2.88. The summed E-state index contributed by atoms with van der Waals surface area (Å²) >= 11 is 0. The van der Waals surface area contributed by atoms with E-state index in [0.29, 0.717) is 17.1 Å². The molecule has 1 atom stereocenters. The van der Waals surface area contributed by atoms with Crippen molar-refractivity contribution < 1.29 is 14.3 Å². The maximum atomic E-state index is 12.3. The number of fused-ring (bicyclic) bond motifs is 1. The van der Waals surface area contributed by atoms with Gasteiger partial charge in [0, 0.05) is 13.2 Å². The van der Waals surface area contributed by atoms with Gasteiger partial charge in [0.1, 0.15) is 11.6 Å². The number of nitrogens with zero attached hydrogens (tertiary/aromatic N) is 3. The zero-order valence-corrected chi connectivity index (χ0v) is 10.7. The number of Topliss-reactive ketones (excluding diaryl/α,β-unsaturated/α-hetero) is 1. The number of carbonyl (C=O) groups is 1. The summed E-state index contributed by atoms with van der Waals surface area (Å²) in [4.78, 5) is 12.3. The van der Waals surface area contributed by atoms with Crippen molar-refractivity contribution in [1.82, 2.24) is 9.78 Å². The normalized spacial score (nSPS) is 13.8. The number of ether oxygens (including phenoxy) is 2. The molecule has 0 spiro atoms. The molecule has 20 heavy (non-hydrogen) atoms. The van der Waals surface area contributed by atoms with Gasteiger partial charge in [-0.2, -0.15) is 10.4 Å². The van der Waals surface area contributed by atoms with E-state index in [1.54, 1.807) is 37.5 Å². The van der Waals surface area contributed by atoms with Gasteiger partial charge in [-0.25, -0.2) is 0 Å². The van der Waals surface area contributed by atoms with Crippen molar-refractivity contribution in [3.05, 3.63) is 41.7 Å². The third-order valence-electron chi connectivity index (χ3n) is 3.09. The molecule has 3 rings (SSSR count). The first kappa shape index (κ1) is 12.2. The van der Waals surface area contributed by atoms with E-state index in [2.05, 4.69) is 5.10 Å². The SMILES string of the molecule is Cn1ccc(C(=O)C(C#N)c2ccc3c(c2)OCO3)n1. The molecule has 0 saturated carbocycles. The fourth-order valence-corrected chi connectivity index (χ4v) is 2.07. The first-order chi connectivity index (χ1) is 9.69. The molecule has 0 amide bonds. The Morgan fingerprint density at radius 1 is 1.40 bits per heavy atom. The van der Waals surface area contributed by atoms with Gasteiger partial charge in [0.25, 0.3) is 0 Å². The van der Waals surface area contributed by atoms with Gasteiger partial charge in [-0.15, -0.1) is 0 Å². The van der Waals surface area contributed by atoms with Crippen LogP contribution >= 0.6 is 0 Å². The van der Waals surface area contributed by atoms with Crippen molar-refractivity contribution >= 4 is 5.78 Å². The lowest BCUT2D eigenvalue weighted by Gasteiger charge is -2.07. The third kappa shape index (κ3) is 1.99. The van der Waals surface area contributed by atoms with Crippen LogP contribution in [0, 0.1) is 11.3 Å². The summed E-state index contributed by atoms with van der Waals surface area (Å²) in [6.45, 7) is 0.157. The predicted molar refractivity (Wildman–Crippen MR) is 68.5 cm³/mol. The number of aryl methyl sites for hydroxylation is 1. The average molecular weight is 269 g/mol. The zero-order valence-electron chi connectivity index (χ0n) is 10.7. The van der Waals surface area contributed by atoms with Crippen LogP contribution in [0.3, 0.4) is 0 Å². The number of hydrogen-bond acceptors (Lipinski definition) is 5. The van der Waals surface area contributed by atoms with Gasteiger partial charge >= 0.3 is 0 Å². The minimum atomic E-state index is -0.903. The molecule has 6 heteroatoms.